The fraction of sp³-hybridized carbons (Fsp3) is 0.308. The minimum Gasteiger partial charge on any atom is -0.461 e. The Morgan fingerprint density at radius 3 is 2.45 bits per heavy atom. The van der Waals surface area contributed by atoms with Crippen molar-refractivity contribution < 1.29 is 4.74 Å². The van der Waals surface area contributed by atoms with Crippen LogP contribution in [0.5, 0.6) is 6.01 Å². The topological polar surface area (TPSA) is 72.0 Å². The third-order valence-corrected chi connectivity index (χ3v) is 3.24. The minimum atomic E-state index is 0.00631. The first kappa shape index (κ1) is 14.8. The third kappa shape index (κ3) is 3.92. The normalized spacial score (nSPS) is 10.4. The molecule has 0 amide bonds. The molecular weight excluding hydrogens is 369 g/mol. The molecule has 0 fully saturated rings. The lowest BCUT2D eigenvalue weighted by molar-refractivity contribution is 0.222. The van der Waals surface area contributed by atoms with Gasteiger partial charge in [0.2, 0.25) is 11.9 Å². The van der Waals surface area contributed by atoms with E-state index in [4.69, 9.17) is 4.74 Å². The van der Waals surface area contributed by atoms with Gasteiger partial charge < -0.3 is 15.4 Å². The lowest BCUT2D eigenvalue weighted by Crippen LogP contribution is -2.12. The Labute approximate surface area is 131 Å². The molecule has 2 aromatic rings. The van der Waals surface area contributed by atoms with Crippen LogP contribution in [0.25, 0.3) is 0 Å². The molecule has 20 heavy (non-hydrogen) atoms. The first-order valence-electron chi connectivity index (χ1n) is 6.20. The van der Waals surface area contributed by atoms with Crippen LogP contribution in [-0.4, -0.2) is 28.1 Å². The minimum absolute atomic E-state index is 0.00631. The third-order valence-electron chi connectivity index (χ3n) is 2.30. The highest BCUT2D eigenvalue weighted by atomic mass is 127. The van der Waals surface area contributed by atoms with Crippen molar-refractivity contribution in [3.05, 3.63) is 27.8 Å². The van der Waals surface area contributed by atoms with Crippen molar-refractivity contribution in [3.63, 3.8) is 0 Å². The molecule has 0 bridgehead atoms. The number of hydrogen-bond donors (Lipinski definition) is 2. The van der Waals surface area contributed by atoms with Crippen LogP contribution >= 0.6 is 22.6 Å². The SMILES string of the molecule is CNc1nc(Nc2ccccc2I)nc(OC(C)C)n1. The van der Waals surface area contributed by atoms with Crippen LogP contribution in [0.2, 0.25) is 0 Å². The van der Waals surface area contributed by atoms with Gasteiger partial charge in [-0.05, 0) is 48.6 Å². The number of nitrogens with zero attached hydrogens (tertiary/aromatic N) is 3. The maximum Gasteiger partial charge on any atom is 0.323 e. The molecule has 0 unspecified atom stereocenters. The van der Waals surface area contributed by atoms with Gasteiger partial charge in [-0.3, -0.25) is 0 Å². The van der Waals surface area contributed by atoms with E-state index in [1.54, 1.807) is 7.05 Å². The van der Waals surface area contributed by atoms with Crippen LogP contribution in [-0.2, 0) is 0 Å². The number of nitrogens with one attached hydrogen (secondary N) is 2. The Balaban J connectivity index is 2.29. The van der Waals surface area contributed by atoms with Crippen LogP contribution in [0.1, 0.15) is 13.8 Å². The number of para-hydroxylation sites is 1. The van der Waals surface area contributed by atoms with Crippen LogP contribution in [0.15, 0.2) is 24.3 Å². The van der Waals surface area contributed by atoms with Gasteiger partial charge in [0.1, 0.15) is 0 Å². The lowest BCUT2D eigenvalue weighted by atomic mass is 10.3. The lowest BCUT2D eigenvalue weighted by Gasteiger charge is -2.11. The fourth-order valence-corrected chi connectivity index (χ4v) is 1.99. The van der Waals surface area contributed by atoms with Gasteiger partial charge in [-0.25, -0.2) is 0 Å². The van der Waals surface area contributed by atoms with Gasteiger partial charge in [-0.15, -0.1) is 0 Å². The number of benzene rings is 1. The van der Waals surface area contributed by atoms with Gasteiger partial charge in [0.05, 0.1) is 11.8 Å². The zero-order valence-electron chi connectivity index (χ0n) is 11.5. The zero-order chi connectivity index (χ0) is 14.5. The summed E-state index contributed by atoms with van der Waals surface area (Å²) in [6.07, 6.45) is 0.00631. The summed E-state index contributed by atoms with van der Waals surface area (Å²) in [5.41, 5.74) is 0.942. The summed E-state index contributed by atoms with van der Waals surface area (Å²) in [6.45, 7) is 3.85. The summed E-state index contributed by atoms with van der Waals surface area (Å²) in [5, 5.41) is 6.07. The molecule has 0 saturated heterocycles. The van der Waals surface area contributed by atoms with E-state index in [1.807, 2.05) is 38.1 Å². The highest BCUT2D eigenvalue weighted by molar-refractivity contribution is 14.1. The van der Waals surface area contributed by atoms with E-state index in [2.05, 4.69) is 48.2 Å². The summed E-state index contributed by atoms with van der Waals surface area (Å²) < 4.78 is 6.61. The molecule has 0 saturated carbocycles. The Bertz CT molecular complexity index is 591. The second kappa shape index (κ2) is 6.69. The molecule has 1 aromatic carbocycles. The Kier molecular flexibility index (Phi) is 4.94. The molecule has 0 aliphatic carbocycles. The predicted octanol–water partition coefficient (Wildman–Crippen LogP) is 3.05. The number of anilines is 3. The average Bonchev–Trinajstić information content (AvgIpc) is 2.40. The number of ether oxygens (including phenoxy) is 1. The summed E-state index contributed by atoms with van der Waals surface area (Å²) in [7, 11) is 1.75. The van der Waals surface area contributed by atoms with E-state index in [-0.39, 0.29) is 6.10 Å². The second-order valence-electron chi connectivity index (χ2n) is 4.29. The first-order valence-corrected chi connectivity index (χ1v) is 7.28. The van der Waals surface area contributed by atoms with Gasteiger partial charge in [-0.1, -0.05) is 12.1 Å². The molecular formula is C13H16IN5O. The molecule has 7 heteroatoms. The van der Waals surface area contributed by atoms with E-state index in [1.165, 1.54) is 0 Å². The van der Waals surface area contributed by atoms with Gasteiger partial charge >= 0.3 is 6.01 Å². The highest BCUT2D eigenvalue weighted by Gasteiger charge is 2.09. The van der Waals surface area contributed by atoms with Crippen molar-refractivity contribution in [3.8, 4) is 6.01 Å². The molecule has 1 heterocycles. The van der Waals surface area contributed by atoms with Crippen molar-refractivity contribution >= 4 is 40.2 Å². The molecule has 0 radical (unpaired) electrons. The molecule has 0 aliphatic rings. The Morgan fingerprint density at radius 2 is 1.80 bits per heavy atom. The molecule has 0 atom stereocenters. The standard InChI is InChI=1S/C13H16IN5O/c1-8(2)20-13-18-11(15-3)17-12(19-13)16-10-7-5-4-6-9(10)14/h4-8H,1-3H3,(H2,15,16,17,18,19). The van der Waals surface area contributed by atoms with Gasteiger partial charge in [-0.2, -0.15) is 15.0 Å². The molecule has 0 spiro atoms. The molecule has 6 nitrogen and oxygen atoms in total. The maximum absolute atomic E-state index is 5.52. The molecule has 1 aromatic heterocycles. The molecule has 106 valence electrons. The Hall–Kier alpha value is -1.64. The van der Waals surface area contributed by atoms with Crippen LogP contribution in [0.4, 0.5) is 17.6 Å². The van der Waals surface area contributed by atoms with E-state index in [0.717, 1.165) is 9.26 Å². The summed E-state index contributed by atoms with van der Waals surface area (Å²) in [4.78, 5) is 12.7. The van der Waals surface area contributed by atoms with Crippen molar-refractivity contribution in [1.29, 1.82) is 0 Å². The Morgan fingerprint density at radius 1 is 1.10 bits per heavy atom. The predicted molar refractivity (Wildman–Crippen MR) is 87.6 cm³/mol. The number of hydrogen-bond acceptors (Lipinski definition) is 6. The largest absolute Gasteiger partial charge is 0.461 e. The van der Waals surface area contributed by atoms with Gasteiger partial charge in [0.25, 0.3) is 0 Å². The number of halogens is 1. The van der Waals surface area contributed by atoms with Crippen molar-refractivity contribution in [2.45, 2.75) is 20.0 Å². The number of rotatable bonds is 5. The molecule has 2 rings (SSSR count). The zero-order valence-corrected chi connectivity index (χ0v) is 13.7. The van der Waals surface area contributed by atoms with Crippen LogP contribution < -0.4 is 15.4 Å². The summed E-state index contributed by atoms with van der Waals surface area (Å²) >= 11 is 2.25. The first-order chi connectivity index (χ1) is 9.58. The van der Waals surface area contributed by atoms with E-state index in [9.17, 15) is 0 Å². The van der Waals surface area contributed by atoms with Crippen LogP contribution in [0, 0.1) is 3.57 Å². The van der Waals surface area contributed by atoms with Crippen molar-refractivity contribution in [2.24, 2.45) is 0 Å². The molecule has 0 aliphatic heterocycles. The monoisotopic (exact) mass is 385 g/mol. The summed E-state index contributed by atoms with van der Waals surface area (Å²) in [6, 6.07) is 8.21. The van der Waals surface area contributed by atoms with E-state index >= 15 is 0 Å². The maximum atomic E-state index is 5.52. The van der Waals surface area contributed by atoms with Crippen LogP contribution in [0.3, 0.4) is 0 Å². The second-order valence-corrected chi connectivity index (χ2v) is 5.45. The smallest absolute Gasteiger partial charge is 0.323 e. The van der Waals surface area contributed by atoms with Crippen molar-refractivity contribution in [1.82, 2.24) is 15.0 Å². The highest BCUT2D eigenvalue weighted by Crippen LogP contribution is 2.21. The molecule has 2 N–H and O–H groups in total. The fourth-order valence-electron chi connectivity index (χ4n) is 1.47. The quantitative estimate of drug-likeness (QED) is 0.771. The van der Waals surface area contributed by atoms with E-state index in [0.29, 0.717) is 17.9 Å². The van der Waals surface area contributed by atoms with Crippen molar-refractivity contribution in [2.75, 3.05) is 17.7 Å². The summed E-state index contributed by atoms with van der Waals surface area (Å²) in [5.74, 6) is 0.910. The average molecular weight is 385 g/mol. The van der Waals surface area contributed by atoms with Gasteiger partial charge in [0.15, 0.2) is 0 Å². The van der Waals surface area contributed by atoms with E-state index < -0.39 is 0 Å². The number of aromatic nitrogens is 3. The van der Waals surface area contributed by atoms with Gasteiger partial charge in [0, 0.05) is 10.6 Å².